The number of anilines is 1. The number of amides is 1. The van der Waals surface area contributed by atoms with Crippen molar-refractivity contribution in [2.45, 2.75) is 38.1 Å². The van der Waals surface area contributed by atoms with Crippen molar-refractivity contribution >= 4 is 17.6 Å². The topological polar surface area (TPSA) is 92.4 Å². The van der Waals surface area contributed by atoms with E-state index in [-0.39, 0.29) is 23.4 Å². The molecule has 0 heterocycles. The summed E-state index contributed by atoms with van der Waals surface area (Å²) in [7, 11) is 0. The highest BCUT2D eigenvalue weighted by Crippen LogP contribution is 2.32. The predicted octanol–water partition coefficient (Wildman–Crippen LogP) is 1.90. The fourth-order valence-electron chi connectivity index (χ4n) is 2.26. The fraction of sp³-hybridized carbons (Fsp3) is 0.429. The Bertz CT molecular complexity index is 521. The number of nitrogens with one attached hydrogen (secondary N) is 1. The monoisotopic (exact) mass is 262 g/mol. The highest BCUT2D eigenvalue weighted by molar-refractivity contribution is 5.95. The Morgan fingerprint density at radius 2 is 2.11 bits per heavy atom. The molecule has 1 amide bonds. The van der Waals surface area contributed by atoms with E-state index >= 15 is 0 Å². The zero-order valence-corrected chi connectivity index (χ0v) is 10.9. The molecule has 1 aliphatic carbocycles. The lowest BCUT2D eigenvalue weighted by Crippen LogP contribution is -2.48. The molecule has 0 saturated heterocycles. The Morgan fingerprint density at radius 3 is 2.63 bits per heavy atom. The van der Waals surface area contributed by atoms with E-state index in [0.29, 0.717) is 11.3 Å². The molecule has 0 radical (unpaired) electrons. The normalized spacial score (nSPS) is 16.5. The van der Waals surface area contributed by atoms with Gasteiger partial charge in [-0.1, -0.05) is 6.07 Å². The van der Waals surface area contributed by atoms with Crippen molar-refractivity contribution in [3.63, 3.8) is 0 Å². The van der Waals surface area contributed by atoms with Crippen LogP contribution < -0.4 is 11.1 Å². The third-order valence-corrected chi connectivity index (χ3v) is 3.61. The van der Waals surface area contributed by atoms with Gasteiger partial charge in [0.2, 0.25) is 5.91 Å². The van der Waals surface area contributed by atoms with Crippen LogP contribution in [0, 0.1) is 6.92 Å². The van der Waals surface area contributed by atoms with E-state index in [1.807, 2.05) is 0 Å². The Kier molecular flexibility index (Phi) is 3.57. The minimum atomic E-state index is -0.997. The summed E-state index contributed by atoms with van der Waals surface area (Å²) in [6.45, 7) is 1.72. The Labute approximate surface area is 111 Å². The molecule has 4 N–H and O–H groups in total. The van der Waals surface area contributed by atoms with Crippen molar-refractivity contribution in [3.05, 3.63) is 29.3 Å². The average molecular weight is 262 g/mol. The van der Waals surface area contributed by atoms with Gasteiger partial charge in [-0.2, -0.15) is 0 Å². The van der Waals surface area contributed by atoms with Crippen LogP contribution >= 0.6 is 0 Å². The number of carboxylic acids is 1. The maximum Gasteiger partial charge on any atom is 0.336 e. The number of aromatic carboxylic acids is 1. The van der Waals surface area contributed by atoms with Gasteiger partial charge in [-0.3, -0.25) is 4.79 Å². The molecule has 102 valence electrons. The lowest BCUT2D eigenvalue weighted by Gasteiger charge is -2.37. The first kappa shape index (κ1) is 13.5. The number of benzene rings is 1. The van der Waals surface area contributed by atoms with E-state index in [4.69, 9.17) is 10.8 Å². The Hall–Kier alpha value is -1.88. The summed E-state index contributed by atoms with van der Waals surface area (Å²) in [5, 5.41) is 11.7. The lowest BCUT2D eigenvalue weighted by atomic mass is 9.75. The number of nitrogens with two attached hydrogens (primary N) is 1. The van der Waals surface area contributed by atoms with Crippen LogP contribution in [-0.2, 0) is 4.79 Å². The molecule has 5 heteroatoms. The van der Waals surface area contributed by atoms with E-state index < -0.39 is 5.97 Å². The summed E-state index contributed by atoms with van der Waals surface area (Å²) in [6.07, 6.45) is 3.09. The van der Waals surface area contributed by atoms with Crippen LogP contribution in [0.3, 0.4) is 0 Å². The van der Waals surface area contributed by atoms with Crippen LogP contribution in [0.1, 0.15) is 41.6 Å². The molecular formula is C14H18N2O3. The molecule has 1 saturated carbocycles. The van der Waals surface area contributed by atoms with Crippen LogP contribution in [0.4, 0.5) is 5.69 Å². The lowest BCUT2D eigenvalue weighted by molar-refractivity contribution is -0.118. The molecule has 1 aromatic rings. The highest BCUT2D eigenvalue weighted by Gasteiger charge is 2.34. The van der Waals surface area contributed by atoms with Crippen molar-refractivity contribution in [2.75, 3.05) is 5.32 Å². The first-order chi connectivity index (χ1) is 8.89. The smallest absolute Gasteiger partial charge is 0.336 e. The largest absolute Gasteiger partial charge is 0.478 e. The molecule has 1 aromatic carbocycles. The maximum atomic E-state index is 11.8. The molecule has 2 rings (SSSR count). The van der Waals surface area contributed by atoms with Gasteiger partial charge in [0, 0.05) is 17.6 Å². The molecule has 0 bridgehead atoms. The molecule has 19 heavy (non-hydrogen) atoms. The van der Waals surface area contributed by atoms with Crippen LogP contribution in [-0.4, -0.2) is 22.5 Å². The van der Waals surface area contributed by atoms with Gasteiger partial charge < -0.3 is 16.2 Å². The van der Waals surface area contributed by atoms with Gasteiger partial charge in [-0.15, -0.1) is 0 Å². The third kappa shape index (κ3) is 3.12. The first-order valence-corrected chi connectivity index (χ1v) is 6.32. The third-order valence-electron chi connectivity index (χ3n) is 3.61. The molecule has 0 spiro atoms. The molecule has 0 atom stereocenters. The van der Waals surface area contributed by atoms with Crippen LogP contribution in [0.2, 0.25) is 0 Å². The van der Waals surface area contributed by atoms with Gasteiger partial charge in [0.1, 0.15) is 0 Å². The second kappa shape index (κ2) is 5.01. The van der Waals surface area contributed by atoms with E-state index in [9.17, 15) is 9.59 Å². The summed E-state index contributed by atoms with van der Waals surface area (Å²) in [5.74, 6) is -1.16. The number of rotatable bonds is 4. The molecule has 0 unspecified atom stereocenters. The number of hydrogen-bond acceptors (Lipinski definition) is 3. The number of carbonyl (C=O) groups excluding carboxylic acids is 1. The second-order valence-corrected chi connectivity index (χ2v) is 5.28. The average Bonchev–Trinajstić information content (AvgIpc) is 2.29. The SMILES string of the molecule is Cc1ccc(NC(=O)CC2(N)CCC2)cc1C(=O)O. The fourth-order valence-corrected chi connectivity index (χ4v) is 2.26. The minimum Gasteiger partial charge on any atom is -0.478 e. The second-order valence-electron chi connectivity index (χ2n) is 5.28. The molecule has 1 aliphatic rings. The van der Waals surface area contributed by atoms with Gasteiger partial charge in [0.05, 0.1) is 5.56 Å². The number of aryl methyl sites for hydroxylation is 1. The first-order valence-electron chi connectivity index (χ1n) is 6.32. The zero-order valence-electron chi connectivity index (χ0n) is 10.9. The molecular weight excluding hydrogens is 244 g/mol. The molecule has 0 aliphatic heterocycles. The molecule has 1 fully saturated rings. The van der Waals surface area contributed by atoms with Gasteiger partial charge in [0.25, 0.3) is 0 Å². The summed E-state index contributed by atoms with van der Waals surface area (Å²) < 4.78 is 0. The van der Waals surface area contributed by atoms with Gasteiger partial charge >= 0.3 is 5.97 Å². The van der Waals surface area contributed by atoms with Crippen LogP contribution in [0.25, 0.3) is 0 Å². The van der Waals surface area contributed by atoms with Crippen LogP contribution in [0.5, 0.6) is 0 Å². The van der Waals surface area contributed by atoms with Crippen molar-refractivity contribution in [3.8, 4) is 0 Å². The van der Waals surface area contributed by atoms with Crippen molar-refractivity contribution in [1.82, 2.24) is 0 Å². The Morgan fingerprint density at radius 1 is 1.42 bits per heavy atom. The van der Waals surface area contributed by atoms with Gasteiger partial charge in [-0.25, -0.2) is 4.79 Å². The van der Waals surface area contributed by atoms with Crippen molar-refractivity contribution in [2.24, 2.45) is 5.73 Å². The number of carboxylic acid groups (broad SMARTS) is 1. The maximum absolute atomic E-state index is 11.8. The van der Waals surface area contributed by atoms with Crippen molar-refractivity contribution in [1.29, 1.82) is 0 Å². The van der Waals surface area contributed by atoms with E-state index in [1.54, 1.807) is 19.1 Å². The standard InChI is InChI=1S/C14H18N2O3/c1-9-3-4-10(7-11(9)13(18)19)16-12(17)8-14(15)5-2-6-14/h3-4,7H,2,5-6,8,15H2,1H3,(H,16,17)(H,18,19). The van der Waals surface area contributed by atoms with E-state index in [2.05, 4.69) is 5.32 Å². The van der Waals surface area contributed by atoms with Crippen molar-refractivity contribution < 1.29 is 14.7 Å². The number of hydrogen-bond donors (Lipinski definition) is 3. The van der Waals surface area contributed by atoms with E-state index in [0.717, 1.165) is 19.3 Å². The van der Waals surface area contributed by atoms with Crippen LogP contribution in [0.15, 0.2) is 18.2 Å². The highest BCUT2D eigenvalue weighted by atomic mass is 16.4. The summed E-state index contributed by atoms with van der Waals surface area (Å²) in [6, 6.07) is 4.85. The predicted molar refractivity (Wildman–Crippen MR) is 72.2 cm³/mol. The molecule has 5 nitrogen and oxygen atoms in total. The van der Waals surface area contributed by atoms with E-state index in [1.165, 1.54) is 6.07 Å². The Balaban J connectivity index is 2.04. The molecule has 0 aromatic heterocycles. The summed E-state index contributed by atoms with van der Waals surface area (Å²) in [4.78, 5) is 22.9. The number of carbonyl (C=O) groups is 2. The quantitative estimate of drug-likeness (QED) is 0.772. The minimum absolute atomic E-state index is 0.164. The van der Waals surface area contributed by atoms with Gasteiger partial charge in [-0.05, 0) is 43.9 Å². The summed E-state index contributed by atoms with van der Waals surface area (Å²) >= 11 is 0. The van der Waals surface area contributed by atoms with Gasteiger partial charge in [0.15, 0.2) is 0 Å². The summed E-state index contributed by atoms with van der Waals surface area (Å²) in [5.41, 5.74) is 6.99. The zero-order chi connectivity index (χ0) is 14.0.